The molecule has 2 saturated heterocycles. The molecule has 2 heterocycles. The molecule has 2 fully saturated rings. The lowest BCUT2D eigenvalue weighted by molar-refractivity contribution is -0.264. The Bertz CT molecular complexity index is 461. The quantitative estimate of drug-likeness (QED) is 0.892. The summed E-state index contributed by atoms with van der Waals surface area (Å²) in [5, 5.41) is 10.2. The van der Waals surface area contributed by atoms with Gasteiger partial charge in [0.05, 0.1) is 0 Å². The molecule has 2 aliphatic heterocycles. The lowest BCUT2D eigenvalue weighted by atomic mass is 9.94. The SMILES string of the molecule is CO[C@@H]1[C@H]2OC(C)(C)O[C@H]2C(O)O[C@H]1c1ccccc1. The van der Waals surface area contributed by atoms with Gasteiger partial charge in [0.25, 0.3) is 0 Å². The summed E-state index contributed by atoms with van der Waals surface area (Å²) in [5.74, 6) is -0.748. The van der Waals surface area contributed by atoms with E-state index in [1.807, 2.05) is 44.2 Å². The lowest BCUT2D eigenvalue weighted by Crippen LogP contribution is -2.53. The van der Waals surface area contributed by atoms with E-state index >= 15 is 0 Å². The number of hydrogen-bond donors (Lipinski definition) is 1. The molecular weight excluding hydrogens is 260 g/mol. The fourth-order valence-corrected chi connectivity index (χ4v) is 2.94. The molecule has 0 radical (unpaired) electrons. The van der Waals surface area contributed by atoms with Crippen LogP contribution in [-0.2, 0) is 18.9 Å². The van der Waals surface area contributed by atoms with Crippen molar-refractivity contribution in [2.45, 2.75) is 50.3 Å². The maximum atomic E-state index is 10.2. The Morgan fingerprint density at radius 3 is 2.40 bits per heavy atom. The molecule has 1 unspecified atom stereocenters. The molecule has 5 heteroatoms. The zero-order chi connectivity index (χ0) is 14.3. The molecule has 1 N–H and O–H groups in total. The Kier molecular flexibility index (Phi) is 3.56. The predicted octanol–water partition coefficient (Wildman–Crippen LogP) is 1.61. The second kappa shape index (κ2) is 5.09. The van der Waals surface area contributed by atoms with E-state index in [1.165, 1.54) is 0 Å². The first-order valence-corrected chi connectivity index (χ1v) is 6.79. The summed E-state index contributed by atoms with van der Waals surface area (Å²) in [7, 11) is 1.62. The lowest BCUT2D eigenvalue weighted by Gasteiger charge is -2.39. The number of aliphatic hydroxyl groups excluding tert-OH is 1. The molecule has 5 nitrogen and oxygen atoms in total. The van der Waals surface area contributed by atoms with Gasteiger partial charge in [-0.15, -0.1) is 0 Å². The number of fused-ring (bicyclic) bond motifs is 1. The molecule has 5 atom stereocenters. The summed E-state index contributed by atoms with van der Waals surface area (Å²) in [6, 6.07) is 9.70. The van der Waals surface area contributed by atoms with Gasteiger partial charge in [0.2, 0.25) is 0 Å². The molecule has 3 rings (SSSR count). The van der Waals surface area contributed by atoms with E-state index in [4.69, 9.17) is 18.9 Å². The van der Waals surface area contributed by atoms with Crippen LogP contribution in [0.25, 0.3) is 0 Å². The highest BCUT2D eigenvalue weighted by atomic mass is 16.8. The highest BCUT2D eigenvalue weighted by Crippen LogP contribution is 2.42. The minimum Gasteiger partial charge on any atom is -0.376 e. The van der Waals surface area contributed by atoms with Crippen molar-refractivity contribution in [3.8, 4) is 0 Å². The minimum absolute atomic E-state index is 0.326. The summed E-state index contributed by atoms with van der Waals surface area (Å²) in [6.07, 6.45) is -2.63. The molecule has 0 amide bonds. The first-order chi connectivity index (χ1) is 9.52. The van der Waals surface area contributed by atoms with Crippen molar-refractivity contribution in [2.75, 3.05) is 7.11 Å². The van der Waals surface area contributed by atoms with Crippen molar-refractivity contribution in [2.24, 2.45) is 0 Å². The van der Waals surface area contributed by atoms with Gasteiger partial charge in [-0.05, 0) is 19.4 Å². The molecular formula is C15H20O5. The van der Waals surface area contributed by atoms with Crippen molar-refractivity contribution < 1.29 is 24.1 Å². The molecule has 1 aromatic rings. The standard InChI is InChI=1S/C15H20O5/c1-15(2)19-12-11(17-3)10(9-7-5-4-6-8-9)18-14(16)13(12)20-15/h4-8,10-14,16H,1-3H3/t10-,11-,12+,13+,14?/m0/s1. The Labute approximate surface area is 118 Å². The molecule has 0 aliphatic carbocycles. The largest absolute Gasteiger partial charge is 0.376 e. The summed E-state index contributed by atoms with van der Waals surface area (Å²) in [5.41, 5.74) is 0.949. The number of benzene rings is 1. The monoisotopic (exact) mass is 280 g/mol. The molecule has 0 bridgehead atoms. The van der Waals surface area contributed by atoms with Crippen LogP contribution in [0.15, 0.2) is 30.3 Å². The van der Waals surface area contributed by atoms with E-state index in [9.17, 15) is 5.11 Å². The molecule has 20 heavy (non-hydrogen) atoms. The van der Waals surface area contributed by atoms with Crippen LogP contribution in [-0.4, -0.2) is 42.6 Å². The third kappa shape index (κ3) is 2.36. The van der Waals surface area contributed by atoms with Crippen molar-refractivity contribution in [1.82, 2.24) is 0 Å². The van der Waals surface area contributed by atoms with Crippen LogP contribution in [0.5, 0.6) is 0 Å². The van der Waals surface area contributed by atoms with E-state index < -0.39 is 18.2 Å². The summed E-state index contributed by atoms with van der Waals surface area (Å²) >= 11 is 0. The average molecular weight is 280 g/mol. The van der Waals surface area contributed by atoms with Gasteiger partial charge in [-0.2, -0.15) is 0 Å². The Balaban J connectivity index is 1.91. The van der Waals surface area contributed by atoms with Crippen LogP contribution in [0, 0.1) is 0 Å². The van der Waals surface area contributed by atoms with Gasteiger partial charge in [-0.1, -0.05) is 30.3 Å². The van der Waals surface area contributed by atoms with Crippen LogP contribution in [0.2, 0.25) is 0 Å². The highest BCUT2D eigenvalue weighted by Gasteiger charge is 2.55. The number of aliphatic hydroxyl groups is 1. The van der Waals surface area contributed by atoms with Gasteiger partial charge in [0, 0.05) is 7.11 Å². The first kappa shape index (κ1) is 14.0. The Morgan fingerprint density at radius 2 is 1.75 bits per heavy atom. The van der Waals surface area contributed by atoms with Crippen molar-refractivity contribution in [3.63, 3.8) is 0 Å². The van der Waals surface area contributed by atoms with Gasteiger partial charge in [0.1, 0.15) is 24.4 Å². The smallest absolute Gasteiger partial charge is 0.184 e. The summed E-state index contributed by atoms with van der Waals surface area (Å²) in [4.78, 5) is 0. The third-order valence-electron chi connectivity index (χ3n) is 3.75. The second-order valence-electron chi connectivity index (χ2n) is 5.62. The highest BCUT2D eigenvalue weighted by molar-refractivity contribution is 5.20. The van der Waals surface area contributed by atoms with E-state index in [0.29, 0.717) is 0 Å². The third-order valence-corrected chi connectivity index (χ3v) is 3.75. The predicted molar refractivity (Wildman–Crippen MR) is 70.9 cm³/mol. The fraction of sp³-hybridized carbons (Fsp3) is 0.600. The zero-order valence-electron chi connectivity index (χ0n) is 11.9. The number of ether oxygens (including phenoxy) is 4. The average Bonchev–Trinajstić information content (AvgIpc) is 2.75. The van der Waals surface area contributed by atoms with E-state index in [1.54, 1.807) is 7.11 Å². The Morgan fingerprint density at radius 1 is 1.10 bits per heavy atom. The minimum atomic E-state index is -1.03. The van der Waals surface area contributed by atoms with Crippen molar-refractivity contribution in [1.29, 1.82) is 0 Å². The number of methoxy groups -OCH3 is 1. The second-order valence-corrected chi connectivity index (χ2v) is 5.62. The molecule has 110 valence electrons. The first-order valence-electron chi connectivity index (χ1n) is 6.79. The maximum Gasteiger partial charge on any atom is 0.184 e. The van der Waals surface area contributed by atoms with Crippen molar-refractivity contribution in [3.05, 3.63) is 35.9 Å². The topological polar surface area (TPSA) is 57.2 Å². The van der Waals surface area contributed by atoms with Crippen LogP contribution < -0.4 is 0 Å². The molecule has 0 aromatic heterocycles. The van der Waals surface area contributed by atoms with Gasteiger partial charge < -0.3 is 24.1 Å². The van der Waals surface area contributed by atoms with Crippen molar-refractivity contribution >= 4 is 0 Å². The fourth-order valence-electron chi connectivity index (χ4n) is 2.94. The van der Waals surface area contributed by atoms with E-state index in [2.05, 4.69) is 0 Å². The van der Waals surface area contributed by atoms with E-state index in [0.717, 1.165) is 5.56 Å². The Hall–Kier alpha value is -0.980. The van der Waals surface area contributed by atoms with Crippen LogP contribution in [0.3, 0.4) is 0 Å². The van der Waals surface area contributed by atoms with E-state index in [-0.39, 0.29) is 18.3 Å². The summed E-state index contributed by atoms with van der Waals surface area (Å²) < 4.78 is 22.9. The van der Waals surface area contributed by atoms with Gasteiger partial charge in [-0.25, -0.2) is 0 Å². The molecule has 2 aliphatic rings. The van der Waals surface area contributed by atoms with Crippen LogP contribution in [0.4, 0.5) is 0 Å². The molecule has 1 aromatic carbocycles. The summed E-state index contributed by atoms with van der Waals surface area (Å²) in [6.45, 7) is 3.64. The van der Waals surface area contributed by atoms with Gasteiger partial charge >= 0.3 is 0 Å². The number of hydrogen-bond acceptors (Lipinski definition) is 5. The molecule has 0 saturated carbocycles. The maximum absolute atomic E-state index is 10.2. The van der Waals surface area contributed by atoms with Crippen LogP contribution in [0.1, 0.15) is 25.5 Å². The number of rotatable bonds is 2. The van der Waals surface area contributed by atoms with Gasteiger partial charge in [0.15, 0.2) is 12.1 Å². The zero-order valence-corrected chi connectivity index (χ0v) is 11.9. The van der Waals surface area contributed by atoms with Crippen LogP contribution >= 0.6 is 0 Å². The van der Waals surface area contributed by atoms with Gasteiger partial charge in [-0.3, -0.25) is 0 Å². The molecule has 0 spiro atoms. The normalized spacial score (nSPS) is 39.5.